The van der Waals surface area contributed by atoms with Gasteiger partial charge in [0.25, 0.3) is 0 Å². The largest absolute Gasteiger partial charge is 0.462 e. The number of hydrogen-bond donors (Lipinski definition) is 2. The van der Waals surface area contributed by atoms with Crippen LogP contribution < -0.4 is 10.6 Å². The Morgan fingerprint density at radius 2 is 2.00 bits per heavy atom. The number of unbranched alkanes of at least 4 members (excludes halogenated alkanes) is 1. The summed E-state index contributed by atoms with van der Waals surface area (Å²) < 4.78 is 6.83. The number of carbonyl (C=O) groups is 1. The fraction of sp³-hybridized carbons (Fsp3) is 0.353. The van der Waals surface area contributed by atoms with Crippen LogP contribution in [0.5, 0.6) is 0 Å². The van der Waals surface area contributed by atoms with E-state index in [0.29, 0.717) is 23.1 Å². The number of anilines is 2. The molecule has 1 aromatic carbocycles. The van der Waals surface area contributed by atoms with E-state index in [1.54, 1.807) is 17.8 Å². The second-order valence-corrected chi connectivity index (χ2v) is 5.58. The van der Waals surface area contributed by atoms with Gasteiger partial charge in [-0.25, -0.2) is 4.79 Å². The van der Waals surface area contributed by atoms with E-state index in [-0.39, 0.29) is 0 Å². The van der Waals surface area contributed by atoms with Gasteiger partial charge in [-0.2, -0.15) is 5.10 Å². The van der Waals surface area contributed by atoms with Crippen molar-refractivity contribution in [3.63, 3.8) is 0 Å². The molecular weight excluding hydrogens is 324 g/mol. The van der Waals surface area contributed by atoms with Crippen LogP contribution in [0.1, 0.15) is 37.0 Å². The second-order valence-electron chi connectivity index (χ2n) is 5.17. The quantitative estimate of drug-likeness (QED) is 0.589. The standard InChI is InChI=1S/C17H22N4O2S/c1-3-5-11-21-12-14(16(22)23-4-2)15(20-21)19-17(24)18-13-9-7-6-8-10-13/h6-10,12H,3-5,11H2,1-2H3,(H2,18,19,20,24). The molecule has 24 heavy (non-hydrogen) atoms. The molecule has 1 heterocycles. The summed E-state index contributed by atoms with van der Waals surface area (Å²) in [6, 6.07) is 9.55. The van der Waals surface area contributed by atoms with E-state index in [2.05, 4.69) is 22.7 Å². The van der Waals surface area contributed by atoms with Gasteiger partial charge in [-0.05, 0) is 37.7 Å². The third-order valence-corrected chi connectivity index (χ3v) is 3.47. The molecule has 0 radical (unpaired) electrons. The van der Waals surface area contributed by atoms with Crippen molar-refractivity contribution in [2.45, 2.75) is 33.2 Å². The molecule has 2 N–H and O–H groups in total. The van der Waals surface area contributed by atoms with Crippen molar-refractivity contribution in [1.29, 1.82) is 0 Å². The summed E-state index contributed by atoms with van der Waals surface area (Å²) in [5.41, 5.74) is 1.24. The van der Waals surface area contributed by atoms with Crippen LogP contribution in [0.15, 0.2) is 36.5 Å². The highest BCUT2D eigenvalue weighted by atomic mass is 32.1. The number of thiocarbonyl (C=S) groups is 1. The van der Waals surface area contributed by atoms with Gasteiger partial charge in [0, 0.05) is 18.4 Å². The molecule has 0 saturated carbocycles. The zero-order valence-electron chi connectivity index (χ0n) is 13.9. The van der Waals surface area contributed by atoms with Gasteiger partial charge in [0.15, 0.2) is 10.9 Å². The number of hydrogen-bond acceptors (Lipinski definition) is 4. The SMILES string of the molecule is CCCCn1cc(C(=O)OCC)c(NC(=S)Nc2ccccc2)n1. The van der Waals surface area contributed by atoms with Gasteiger partial charge in [0.1, 0.15) is 5.56 Å². The fourth-order valence-electron chi connectivity index (χ4n) is 2.10. The van der Waals surface area contributed by atoms with E-state index in [1.165, 1.54) is 0 Å². The van der Waals surface area contributed by atoms with Crippen LogP contribution in [0.2, 0.25) is 0 Å². The molecule has 128 valence electrons. The Balaban J connectivity index is 2.12. The van der Waals surface area contributed by atoms with Crippen molar-refractivity contribution in [2.24, 2.45) is 0 Å². The molecular formula is C17H22N4O2S. The van der Waals surface area contributed by atoms with Crippen LogP contribution >= 0.6 is 12.2 Å². The zero-order chi connectivity index (χ0) is 17.4. The average molecular weight is 346 g/mol. The van der Waals surface area contributed by atoms with Gasteiger partial charge in [0.2, 0.25) is 0 Å². The molecule has 2 rings (SSSR count). The van der Waals surface area contributed by atoms with Gasteiger partial charge in [0.05, 0.1) is 6.61 Å². The molecule has 1 aromatic heterocycles. The number of nitrogens with one attached hydrogen (secondary N) is 2. The van der Waals surface area contributed by atoms with E-state index < -0.39 is 5.97 Å². The summed E-state index contributed by atoms with van der Waals surface area (Å²) in [4.78, 5) is 12.1. The molecule has 0 fully saturated rings. The lowest BCUT2D eigenvalue weighted by Gasteiger charge is -2.09. The van der Waals surface area contributed by atoms with Gasteiger partial charge >= 0.3 is 5.97 Å². The zero-order valence-corrected chi connectivity index (χ0v) is 14.7. The lowest BCUT2D eigenvalue weighted by Crippen LogP contribution is -2.21. The van der Waals surface area contributed by atoms with Crippen LogP contribution in [-0.2, 0) is 11.3 Å². The van der Waals surface area contributed by atoms with Crippen molar-refractivity contribution < 1.29 is 9.53 Å². The number of aryl methyl sites for hydroxylation is 1. The minimum atomic E-state index is -0.412. The van der Waals surface area contributed by atoms with E-state index >= 15 is 0 Å². The number of nitrogens with zero attached hydrogens (tertiary/aromatic N) is 2. The average Bonchev–Trinajstić information content (AvgIpc) is 2.96. The lowest BCUT2D eigenvalue weighted by molar-refractivity contribution is 0.0527. The van der Waals surface area contributed by atoms with Crippen molar-refractivity contribution in [3.8, 4) is 0 Å². The highest BCUT2D eigenvalue weighted by Gasteiger charge is 2.18. The van der Waals surface area contributed by atoms with Crippen LogP contribution in [0.4, 0.5) is 11.5 Å². The maximum absolute atomic E-state index is 12.1. The van der Waals surface area contributed by atoms with Crippen LogP contribution in [0, 0.1) is 0 Å². The number of para-hydroxylation sites is 1. The first-order valence-electron chi connectivity index (χ1n) is 8.01. The predicted molar refractivity (Wildman–Crippen MR) is 99.4 cm³/mol. The molecule has 0 atom stereocenters. The second kappa shape index (κ2) is 9.02. The maximum atomic E-state index is 12.1. The molecule has 6 nitrogen and oxygen atoms in total. The summed E-state index contributed by atoms with van der Waals surface area (Å²) in [7, 11) is 0. The van der Waals surface area contributed by atoms with Crippen molar-refractivity contribution >= 4 is 34.8 Å². The van der Waals surface area contributed by atoms with E-state index in [1.807, 2.05) is 30.3 Å². The van der Waals surface area contributed by atoms with E-state index in [9.17, 15) is 4.79 Å². The Kier molecular flexibility index (Phi) is 6.74. The first kappa shape index (κ1) is 17.9. The smallest absolute Gasteiger partial charge is 0.343 e. The summed E-state index contributed by atoms with van der Waals surface area (Å²) >= 11 is 5.30. The Hall–Kier alpha value is -2.41. The Bertz CT molecular complexity index is 685. The first-order valence-corrected chi connectivity index (χ1v) is 8.42. The monoisotopic (exact) mass is 346 g/mol. The summed E-state index contributed by atoms with van der Waals surface area (Å²) in [5, 5.41) is 10.8. The maximum Gasteiger partial charge on any atom is 0.343 e. The van der Waals surface area contributed by atoms with Gasteiger partial charge in [-0.3, -0.25) is 4.68 Å². The highest BCUT2D eigenvalue weighted by Crippen LogP contribution is 2.16. The van der Waals surface area contributed by atoms with Crippen molar-refractivity contribution in [2.75, 3.05) is 17.2 Å². The van der Waals surface area contributed by atoms with Gasteiger partial charge in [-0.1, -0.05) is 31.5 Å². The molecule has 0 saturated heterocycles. The van der Waals surface area contributed by atoms with Crippen LogP contribution in [0.3, 0.4) is 0 Å². The highest BCUT2D eigenvalue weighted by molar-refractivity contribution is 7.80. The van der Waals surface area contributed by atoms with Crippen molar-refractivity contribution in [1.82, 2.24) is 9.78 Å². The third kappa shape index (κ3) is 5.06. The molecule has 0 bridgehead atoms. The molecule has 0 aliphatic rings. The van der Waals surface area contributed by atoms with Crippen molar-refractivity contribution in [3.05, 3.63) is 42.1 Å². The number of aromatic nitrogens is 2. The predicted octanol–water partition coefficient (Wildman–Crippen LogP) is 3.67. The Morgan fingerprint density at radius 3 is 2.67 bits per heavy atom. The Morgan fingerprint density at radius 1 is 1.25 bits per heavy atom. The first-order chi connectivity index (χ1) is 11.6. The minimum absolute atomic E-state index is 0.311. The molecule has 0 amide bonds. The summed E-state index contributed by atoms with van der Waals surface area (Å²) in [5.74, 6) is -0.0109. The van der Waals surface area contributed by atoms with E-state index in [4.69, 9.17) is 17.0 Å². The Labute approximate surface area is 147 Å². The van der Waals surface area contributed by atoms with Gasteiger partial charge in [-0.15, -0.1) is 0 Å². The minimum Gasteiger partial charge on any atom is -0.462 e. The summed E-state index contributed by atoms with van der Waals surface area (Å²) in [6.45, 7) is 4.93. The number of rotatable bonds is 7. The summed E-state index contributed by atoms with van der Waals surface area (Å²) in [6.07, 6.45) is 3.72. The molecule has 0 aliphatic heterocycles. The molecule has 0 spiro atoms. The normalized spacial score (nSPS) is 10.2. The fourth-order valence-corrected chi connectivity index (χ4v) is 2.31. The molecule has 0 aliphatic carbocycles. The van der Waals surface area contributed by atoms with Crippen LogP contribution in [0.25, 0.3) is 0 Å². The topological polar surface area (TPSA) is 68.2 Å². The number of ether oxygens (including phenoxy) is 1. The lowest BCUT2D eigenvalue weighted by atomic mass is 10.3. The molecule has 2 aromatic rings. The molecule has 0 unspecified atom stereocenters. The third-order valence-electron chi connectivity index (χ3n) is 3.26. The van der Waals surface area contributed by atoms with Gasteiger partial charge < -0.3 is 15.4 Å². The van der Waals surface area contributed by atoms with E-state index in [0.717, 1.165) is 25.1 Å². The van der Waals surface area contributed by atoms with Crippen LogP contribution in [-0.4, -0.2) is 27.5 Å². The number of carbonyl (C=O) groups excluding carboxylic acids is 1. The molecule has 7 heteroatoms. The number of benzene rings is 1. The number of esters is 1.